The maximum Gasteiger partial charge on any atom is 0.242 e. The molecule has 20 heavy (non-hydrogen) atoms. The number of sulfonamides is 1. The van der Waals surface area contributed by atoms with Crippen LogP contribution in [0, 0.1) is 11.3 Å². The van der Waals surface area contributed by atoms with E-state index in [-0.39, 0.29) is 17.1 Å². The van der Waals surface area contributed by atoms with Crippen LogP contribution in [0.4, 0.5) is 5.69 Å². The van der Waals surface area contributed by atoms with Crippen LogP contribution in [0.3, 0.4) is 0 Å². The van der Waals surface area contributed by atoms with E-state index in [1.165, 1.54) is 18.2 Å². The molecule has 1 heterocycles. The molecule has 0 atom stereocenters. The number of hydrogen-bond donors (Lipinski definition) is 2. The van der Waals surface area contributed by atoms with Crippen molar-refractivity contribution in [2.75, 3.05) is 5.73 Å². The minimum atomic E-state index is -3.73. The third-order valence-electron chi connectivity index (χ3n) is 2.62. The van der Waals surface area contributed by atoms with Crippen LogP contribution >= 0.6 is 0 Å². The van der Waals surface area contributed by atoms with Crippen LogP contribution in [-0.2, 0) is 16.6 Å². The zero-order valence-corrected chi connectivity index (χ0v) is 11.3. The molecule has 0 radical (unpaired) electrons. The molecule has 0 aliphatic rings. The standard InChI is InChI=1S/C13H12N4O2S/c14-7-10-3-4-13(12(15)6-10)20(18,19)17-9-11-2-1-5-16-8-11/h1-6,8,17H,9,15H2. The van der Waals surface area contributed by atoms with E-state index in [2.05, 4.69) is 9.71 Å². The molecule has 7 heteroatoms. The maximum atomic E-state index is 12.1. The second kappa shape index (κ2) is 5.69. The Morgan fingerprint density at radius 3 is 2.75 bits per heavy atom. The Labute approximate surface area is 116 Å². The first-order valence-electron chi connectivity index (χ1n) is 5.71. The normalized spacial score (nSPS) is 10.9. The second-order valence-corrected chi connectivity index (χ2v) is 5.79. The first-order valence-corrected chi connectivity index (χ1v) is 7.19. The smallest absolute Gasteiger partial charge is 0.242 e. The first kappa shape index (κ1) is 14.0. The number of nitrogens with two attached hydrogens (primary N) is 1. The van der Waals surface area contributed by atoms with E-state index in [1.807, 2.05) is 6.07 Å². The van der Waals surface area contributed by atoms with Crippen molar-refractivity contribution in [3.8, 4) is 6.07 Å². The third-order valence-corrected chi connectivity index (χ3v) is 4.09. The number of pyridine rings is 1. The number of benzene rings is 1. The quantitative estimate of drug-likeness (QED) is 0.816. The Kier molecular flexibility index (Phi) is 3.98. The predicted molar refractivity (Wildman–Crippen MR) is 73.8 cm³/mol. The summed E-state index contributed by atoms with van der Waals surface area (Å²) in [6.07, 6.45) is 3.18. The van der Waals surface area contributed by atoms with E-state index in [0.717, 1.165) is 5.56 Å². The summed E-state index contributed by atoms with van der Waals surface area (Å²) in [4.78, 5) is 3.86. The highest BCUT2D eigenvalue weighted by Gasteiger charge is 2.17. The fourth-order valence-corrected chi connectivity index (χ4v) is 2.75. The van der Waals surface area contributed by atoms with Crippen LogP contribution in [-0.4, -0.2) is 13.4 Å². The van der Waals surface area contributed by atoms with Crippen molar-refractivity contribution in [2.24, 2.45) is 0 Å². The molecule has 6 nitrogen and oxygen atoms in total. The molecule has 0 spiro atoms. The van der Waals surface area contributed by atoms with Crippen LogP contribution in [0.2, 0.25) is 0 Å². The lowest BCUT2D eigenvalue weighted by atomic mass is 10.2. The van der Waals surface area contributed by atoms with Gasteiger partial charge in [-0.25, -0.2) is 13.1 Å². The zero-order chi connectivity index (χ0) is 14.6. The molecule has 0 bridgehead atoms. The Balaban J connectivity index is 2.21. The number of anilines is 1. The lowest BCUT2D eigenvalue weighted by Gasteiger charge is -2.09. The molecule has 3 N–H and O–H groups in total. The minimum Gasteiger partial charge on any atom is -0.398 e. The first-order chi connectivity index (χ1) is 9.53. The highest BCUT2D eigenvalue weighted by molar-refractivity contribution is 7.89. The molecule has 0 amide bonds. The monoisotopic (exact) mass is 288 g/mol. The summed E-state index contributed by atoms with van der Waals surface area (Å²) < 4.78 is 26.7. The van der Waals surface area contributed by atoms with E-state index >= 15 is 0 Å². The van der Waals surface area contributed by atoms with Gasteiger partial charge in [-0.2, -0.15) is 5.26 Å². The molecule has 102 valence electrons. The number of rotatable bonds is 4. The molecular weight excluding hydrogens is 276 g/mol. The summed E-state index contributed by atoms with van der Waals surface area (Å²) in [5, 5.41) is 8.73. The van der Waals surface area contributed by atoms with Crippen LogP contribution in [0.25, 0.3) is 0 Å². The van der Waals surface area contributed by atoms with Gasteiger partial charge in [0.05, 0.1) is 17.3 Å². The molecule has 0 saturated heterocycles. The molecule has 1 aromatic carbocycles. The topological polar surface area (TPSA) is 109 Å². The van der Waals surface area contributed by atoms with Gasteiger partial charge in [-0.15, -0.1) is 0 Å². The molecule has 0 fully saturated rings. The fraction of sp³-hybridized carbons (Fsp3) is 0.0769. The lowest BCUT2D eigenvalue weighted by Crippen LogP contribution is -2.24. The summed E-state index contributed by atoms with van der Waals surface area (Å²) in [5.41, 5.74) is 6.77. The number of nitrogens with zero attached hydrogens (tertiary/aromatic N) is 2. The van der Waals surface area contributed by atoms with Crippen molar-refractivity contribution in [3.63, 3.8) is 0 Å². The number of nitriles is 1. The van der Waals surface area contributed by atoms with Crippen molar-refractivity contribution in [2.45, 2.75) is 11.4 Å². The SMILES string of the molecule is N#Cc1ccc(S(=O)(=O)NCc2cccnc2)c(N)c1. The number of nitrogen functional groups attached to an aromatic ring is 1. The van der Waals surface area contributed by atoms with E-state index in [9.17, 15) is 8.42 Å². The zero-order valence-electron chi connectivity index (χ0n) is 10.4. The maximum absolute atomic E-state index is 12.1. The average molecular weight is 288 g/mol. The largest absolute Gasteiger partial charge is 0.398 e. The molecular formula is C13H12N4O2S. The lowest BCUT2D eigenvalue weighted by molar-refractivity contribution is 0.581. The van der Waals surface area contributed by atoms with E-state index in [1.54, 1.807) is 24.5 Å². The highest BCUT2D eigenvalue weighted by atomic mass is 32.2. The second-order valence-electron chi connectivity index (χ2n) is 4.05. The molecule has 2 aromatic rings. The number of nitrogens with one attached hydrogen (secondary N) is 1. The van der Waals surface area contributed by atoms with Crippen LogP contribution in [0.1, 0.15) is 11.1 Å². The summed E-state index contributed by atoms with van der Waals surface area (Å²) in [6, 6.07) is 9.45. The minimum absolute atomic E-state index is 0.0413. The molecule has 2 rings (SSSR count). The average Bonchev–Trinajstić information content (AvgIpc) is 2.46. The Morgan fingerprint density at radius 2 is 2.15 bits per heavy atom. The van der Waals surface area contributed by atoms with Gasteiger partial charge in [0.15, 0.2) is 0 Å². The molecule has 0 saturated carbocycles. The summed E-state index contributed by atoms with van der Waals surface area (Å²) >= 11 is 0. The van der Waals surface area contributed by atoms with Crippen molar-refractivity contribution < 1.29 is 8.42 Å². The predicted octanol–water partition coefficient (Wildman–Crippen LogP) is 1.01. The van der Waals surface area contributed by atoms with Crippen molar-refractivity contribution >= 4 is 15.7 Å². The van der Waals surface area contributed by atoms with Gasteiger partial charge in [0.1, 0.15) is 4.90 Å². The fourth-order valence-electron chi connectivity index (χ4n) is 1.62. The molecule has 0 aliphatic heterocycles. The number of hydrogen-bond acceptors (Lipinski definition) is 5. The van der Waals surface area contributed by atoms with Crippen molar-refractivity contribution in [3.05, 3.63) is 53.9 Å². The highest BCUT2D eigenvalue weighted by Crippen LogP contribution is 2.19. The summed E-state index contributed by atoms with van der Waals surface area (Å²) in [5.74, 6) is 0. The van der Waals surface area contributed by atoms with Crippen LogP contribution in [0.5, 0.6) is 0 Å². The Bertz CT molecular complexity index is 752. The van der Waals surface area contributed by atoms with Gasteiger partial charge in [0, 0.05) is 18.9 Å². The summed E-state index contributed by atoms with van der Waals surface area (Å²) in [6.45, 7) is 0.121. The third kappa shape index (κ3) is 3.12. The molecule has 1 aromatic heterocycles. The van der Waals surface area contributed by atoms with E-state index in [4.69, 9.17) is 11.0 Å². The van der Waals surface area contributed by atoms with Crippen LogP contribution in [0.15, 0.2) is 47.6 Å². The summed E-state index contributed by atoms with van der Waals surface area (Å²) in [7, 11) is -3.73. The van der Waals surface area contributed by atoms with Gasteiger partial charge >= 0.3 is 0 Å². The van der Waals surface area contributed by atoms with Gasteiger partial charge < -0.3 is 5.73 Å². The van der Waals surface area contributed by atoms with Gasteiger partial charge in [-0.1, -0.05) is 6.07 Å². The molecule has 0 unspecified atom stereocenters. The Hall–Kier alpha value is -2.43. The number of aromatic nitrogens is 1. The van der Waals surface area contributed by atoms with Crippen molar-refractivity contribution in [1.82, 2.24) is 9.71 Å². The molecule has 0 aliphatic carbocycles. The van der Waals surface area contributed by atoms with Gasteiger partial charge in [0.2, 0.25) is 10.0 Å². The van der Waals surface area contributed by atoms with Crippen LogP contribution < -0.4 is 10.5 Å². The van der Waals surface area contributed by atoms with Crippen molar-refractivity contribution in [1.29, 1.82) is 5.26 Å². The van der Waals surface area contributed by atoms with E-state index < -0.39 is 10.0 Å². The van der Waals surface area contributed by atoms with Gasteiger partial charge in [-0.3, -0.25) is 4.98 Å². The van der Waals surface area contributed by atoms with Gasteiger partial charge in [-0.05, 0) is 29.8 Å². The van der Waals surface area contributed by atoms with E-state index in [0.29, 0.717) is 5.56 Å². The van der Waals surface area contributed by atoms with Gasteiger partial charge in [0.25, 0.3) is 0 Å². The Morgan fingerprint density at radius 1 is 1.35 bits per heavy atom.